The van der Waals surface area contributed by atoms with E-state index in [2.05, 4.69) is 0 Å². The lowest BCUT2D eigenvalue weighted by atomic mass is 10.0. The molecule has 1 aromatic heterocycles. The molecule has 0 bridgehead atoms. The monoisotopic (exact) mass is 220 g/mol. The van der Waals surface area contributed by atoms with Gasteiger partial charge in [0.05, 0.1) is 7.11 Å². The molecule has 0 spiro atoms. The van der Waals surface area contributed by atoms with Crippen molar-refractivity contribution in [2.45, 2.75) is 6.10 Å². The van der Waals surface area contributed by atoms with Crippen molar-refractivity contribution in [3.63, 3.8) is 0 Å². The minimum atomic E-state index is -0.604. The molecule has 1 aromatic carbocycles. The van der Waals surface area contributed by atoms with Crippen LogP contribution in [0.2, 0.25) is 0 Å². The second-order valence-corrected chi connectivity index (χ2v) is 3.98. The number of hydrogen-bond acceptors (Lipinski definition) is 3. The van der Waals surface area contributed by atoms with Gasteiger partial charge in [0.15, 0.2) is 0 Å². The zero-order valence-electron chi connectivity index (χ0n) is 8.38. The van der Waals surface area contributed by atoms with Crippen LogP contribution in [0.3, 0.4) is 0 Å². The third-order valence-corrected chi connectivity index (χ3v) is 2.99. The summed E-state index contributed by atoms with van der Waals surface area (Å²) < 4.78 is 5.21. The Morgan fingerprint density at radius 2 is 2.07 bits per heavy atom. The number of hydrogen-bond donors (Lipinski definition) is 1. The highest BCUT2D eigenvalue weighted by molar-refractivity contribution is 7.07. The molecule has 2 rings (SSSR count). The number of para-hydroxylation sites is 1. The van der Waals surface area contributed by atoms with Crippen molar-refractivity contribution in [3.05, 3.63) is 52.2 Å². The standard InChI is InChI=1S/C12H12O2S/c1-14-11-5-3-2-4-10(11)12(13)9-6-7-15-8-9/h2-8,12-13H,1H3/t12-/m0/s1. The SMILES string of the molecule is COc1ccccc1[C@@H](O)c1ccsc1. The average Bonchev–Trinajstić information content (AvgIpc) is 2.81. The Hall–Kier alpha value is -1.32. The first-order valence-electron chi connectivity index (χ1n) is 4.66. The summed E-state index contributed by atoms with van der Waals surface area (Å²) in [5, 5.41) is 14.0. The van der Waals surface area contributed by atoms with E-state index >= 15 is 0 Å². The van der Waals surface area contributed by atoms with E-state index < -0.39 is 6.10 Å². The number of aliphatic hydroxyl groups excluding tert-OH is 1. The minimum absolute atomic E-state index is 0.604. The molecule has 0 aliphatic rings. The normalized spacial score (nSPS) is 12.4. The lowest BCUT2D eigenvalue weighted by Gasteiger charge is -2.13. The summed E-state index contributed by atoms with van der Waals surface area (Å²) in [6.45, 7) is 0. The van der Waals surface area contributed by atoms with Crippen LogP contribution < -0.4 is 4.74 Å². The summed E-state index contributed by atoms with van der Waals surface area (Å²) in [6, 6.07) is 9.43. The van der Waals surface area contributed by atoms with Crippen LogP contribution >= 0.6 is 11.3 Å². The smallest absolute Gasteiger partial charge is 0.125 e. The third-order valence-electron chi connectivity index (χ3n) is 2.29. The summed E-state index contributed by atoms with van der Waals surface area (Å²) in [5.74, 6) is 0.719. The number of aliphatic hydroxyl groups is 1. The van der Waals surface area contributed by atoms with Gasteiger partial charge < -0.3 is 9.84 Å². The van der Waals surface area contributed by atoms with Crippen molar-refractivity contribution < 1.29 is 9.84 Å². The first kappa shape index (κ1) is 10.2. The van der Waals surface area contributed by atoms with Crippen LogP contribution in [-0.2, 0) is 0 Å². The second kappa shape index (κ2) is 4.47. The summed E-state index contributed by atoms with van der Waals surface area (Å²) in [6.07, 6.45) is -0.604. The van der Waals surface area contributed by atoms with Gasteiger partial charge in [-0.25, -0.2) is 0 Å². The lowest BCUT2D eigenvalue weighted by Crippen LogP contribution is -2.00. The largest absolute Gasteiger partial charge is 0.496 e. The first-order chi connectivity index (χ1) is 7.33. The molecule has 0 aliphatic heterocycles. The quantitative estimate of drug-likeness (QED) is 0.861. The van der Waals surface area contributed by atoms with Gasteiger partial charge in [0.2, 0.25) is 0 Å². The molecule has 0 amide bonds. The van der Waals surface area contributed by atoms with Crippen molar-refractivity contribution in [1.82, 2.24) is 0 Å². The predicted octanol–water partition coefficient (Wildman–Crippen LogP) is 2.84. The summed E-state index contributed by atoms with van der Waals surface area (Å²) in [5.41, 5.74) is 1.71. The maximum absolute atomic E-state index is 10.1. The molecule has 0 aliphatic carbocycles. The Labute approximate surface area is 92.8 Å². The van der Waals surface area contributed by atoms with Gasteiger partial charge in [0, 0.05) is 5.56 Å². The molecule has 2 aromatic rings. The van der Waals surface area contributed by atoms with Crippen molar-refractivity contribution in [2.75, 3.05) is 7.11 Å². The van der Waals surface area contributed by atoms with Gasteiger partial charge in [-0.3, -0.25) is 0 Å². The lowest BCUT2D eigenvalue weighted by molar-refractivity contribution is 0.215. The van der Waals surface area contributed by atoms with E-state index in [0.29, 0.717) is 0 Å². The van der Waals surface area contributed by atoms with Crippen LogP contribution in [0.1, 0.15) is 17.2 Å². The van der Waals surface area contributed by atoms with E-state index in [0.717, 1.165) is 16.9 Å². The van der Waals surface area contributed by atoms with Crippen LogP contribution in [0.15, 0.2) is 41.1 Å². The molecule has 15 heavy (non-hydrogen) atoms. The van der Waals surface area contributed by atoms with Crippen LogP contribution in [-0.4, -0.2) is 12.2 Å². The topological polar surface area (TPSA) is 29.5 Å². The molecule has 1 heterocycles. The Balaban J connectivity index is 2.37. The molecule has 0 radical (unpaired) electrons. The fourth-order valence-corrected chi connectivity index (χ4v) is 2.18. The summed E-state index contributed by atoms with van der Waals surface area (Å²) >= 11 is 1.58. The Morgan fingerprint density at radius 3 is 2.73 bits per heavy atom. The minimum Gasteiger partial charge on any atom is -0.496 e. The number of thiophene rings is 1. The number of ether oxygens (including phenoxy) is 1. The fourth-order valence-electron chi connectivity index (χ4n) is 1.50. The zero-order valence-corrected chi connectivity index (χ0v) is 9.20. The van der Waals surface area contributed by atoms with Crippen LogP contribution in [0.4, 0.5) is 0 Å². The maximum atomic E-state index is 10.1. The predicted molar refractivity (Wildman–Crippen MR) is 61.4 cm³/mol. The van der Waals surface area contributed by atoms with E-state index in [-0.39, 0.29) is 0 Å². The molecular weight excluding hydrogens is 208 g/mol. The van der Waals surface area contributed by atoms with Crippen molar-refractivity contribution in [1.29, 1.82) is 0 Å². The summed E-state index contributed by atoms with van der Waals surface area (Å²) in [4.78, 5) is 0. The Kier molecular flexibility index (Phi) is 3.04. The molecule has 0 fully saturated rings. The molecule has 3 heteroatoms. The molecule has 0 saturated heterocycles. The van der Waals surface area contributed by atoms with E-state index in [4.69, 9.17) is 4.74 Å². The molecule has 1 N–H and O–H groups in total. The molecule has 0 unspecified atom stereocenters. The number of benzene rings is 1. The summed E-state index contributed by atoms with van der Waals surface area (Å²) in [7, 11) is 1.61. The van der Waals surface area contributed by atoms with Gasteiger partial charge in [0.25, 0.3) is 0 Å². The van der Waals surface area contributed by atoms with E-state index in [1.807, 2.05) is 41.1 Å². The van der Waals surface area contributed by atoms with Gasteiger partial charge in [-0.2, -0.15) is 11.3 Å². The van der Waals surface area contributed by atoms with Crippen LogP contribution in [0.25, 0.3) is 0 Å². The van der Waals surface area contributed by atoms with E-state index in [1.165, 1.54) is 0 Å². The fraction of sp³-hybridized carbons (Fsp3) is 0.167. The van der Waals surface area contributed by atoms with E-state index in [9.17, 15) is 5.11 Å². The van der Waals surface area contributed by atoms with Crippen molar-refractivity contribution in [2.24, 2.45) is 0 Å². The van der Waals surface area contributed by atoms with Crippen LogP contribution in [0.5, 0.6) is 5.75 Å². The molecule has 0 saturated carbocycles. The van der Waals surface area contributed by atoms with Crippen molar-refractivity contribution >= 4 is 11.3 Å². The number of rotatable bonds is 3. The molecular formula is C12H12O2S. The van der Waals surface area contributed by atoms with Crippen molar-refractivity contribution in [3.8, 4) is 5.75 Å². The zero-order chi connectivity index (χ0) is 10.7. The van der Waals surface area contributed by atoms with Gasteiger partial charge in [-0.05, 0) is 28.5 Å². The molecule has 78 valence electrons. The van der Waals surface area contributed by atoms with Gasteiger partial charge >= 0.3 is 0 Å². The highest BCUT2D eigenvalue weighted by atomic mass is 32.1. The van der Waals surface area contributed by atoms with Gasteiger partial charge in [0.1, 0.15) is 11.9 Å². The van der Waals surface area contributed by atoms with Crippen LogP contribution in [0, 0.1) is 0 Å². The highest BCUT2D eigenvalue weighted by Gasteiger charge is 2.14. The number of methoxy groups -OCH3 is 1. The van der Waals surface area contributed by atoms with Gasteiger partial charge in [-0.1, -0.05) is 18.2 Å². The van der Waals surface area contributed by atoms with Gasteiger partial charge in [-0.15, -0.1) is 0 Å². The Morgan fingerprint density at radius 1 is 1.27 bits per heavy atom. The molecule has 1 atom stereocenters. The maximum Gasteiger partial charge on any atom is 0.125 e. The second-order valence-electron chi connectivity index (χ2n) is 3.20. The molecule has 2 nitrogen and oxygen atoms in total. The Bertz CT molecular complexity index is 423. The third kappa shape index (κ3) is 2.03. The van der Waals surface area contributed by atoms with E-state index in [1.54, 1.807) is 18.4 Å². The first-order valence-corrected chi connectivity index (χ1v) is 5.60. The highest BCUT2D eigenvalue weighted by Crippen LogP contribution is 2.30. The average molecular weight is 220 g/mol.